The predicted octanol–water partition coefficient (Wildman–Crippen LogP) is 17.0. The molecular weight excluding hydrogens is 769 g/mol. The summed E-state index contributed by atoms with van der Waals surface area (Å²) in [7, 11) is 0. The van der Waals surface area contributed by atoms with E-state index in [0.29, 0.717) is 0 Å². The maximum absolute atomic E-state index is 2.34. The van der Waals surface area contributed by atoms with Gasteiger partial charge in [0.15, 0.2) is 0 Å². The lowest BCUT2D eigenvalue weighted by Gasteiger charge is -2.17. The molecule has 0 bridgehead atoms. The summed E-state index contributed by atoms with van der Waals surface area (Å²) in [5.74, 6) is 0. The van der Waals surface area contributed by atoms with Crippen molar-refractivity contribution in [3.8, 4) is 0 Å². The highest BCUT2D eigenvalue weighted by molar-refractivity contribution is 5.85. The molecule has 0 aliphatic heterocycles. The molecule has 0 nitrogen and oxygen atoms in total. The Bertz CT molecular complexity index is 2730. The van der Waals surface area contributed by atoms with Gasteiger partial charge >= 0.3 is 0 Å². The molecule has 0 amide bonds. The Kier molecular flexibility index (Phi) is 16.8. The van der Waals surface area contributed by atoms with Crippen molar-refractivity contribution in [2.75, 3.05) is 0 Å². The Hall–Kier alpha value is -5.72. The van der Waals surface area contributed by atoms with Crippen molar-refractivity contribution in [1.82, 2.24) is 0 Å². The van der Waals surface area contributed by atoms with E-state index in [1.807, 2.05) is 0 Å². The van der Waals surface area contributed by atoms with Crippen LogP contribution in [0, 0.1) is 41.5 Å². The molecule has 0 heteroatoms. The zero-order chi connectivity index (χ0) is 44.7. The van der Waals surface area contributed by atoms with E-state index in [1.165, 1.54) is 145 Å². The molecule has 0 fully saturated rings. The van der Waals surface area contributed by atoms with Crippen molar-refractivity contribution >= 4 is 21.5 Å². The number of fused-ring (bicyclic) bond motifs is 6. The number of aryl methyl sites for hydroxylation is 12. The summed E-state index contributed by atoms with van der Waals surface area (Å²) in [6, 6.07) is 56.7. The lowest BCUT2D eigenvalue weighted by atomic mass is 9.89. The van der Waals surface area contributed by atoms with E-state index in [-0.39, 0.29) is 0 Å². The van der Waals surface area contributed by atoms with Gasteiger partial charge in [-0.1, -0.05) is 174 Å². The normalized spacial score (nSPS) is 13.8. The van der Waals surface area contributed by atoms with Gasteiger partial charge in [0.05, 0.1) is 0 Å². The molecule has 0 saturated heterocycles. The fraction of sp³-hybridized carbons (Fsp3) is 0.312. The maximum Gasteiger partial charge on any atom is -0.0155 e. The molecule has 4 aliphatic rings. The zero-order valence-electron chi connectivity index (χ0n) is 39.9. The largest absolute Gasteiger partial charge is 0.0617 e. The zero-order valence-corrected chi connectivity index (χ0v) is 39.9. The Morgan fingerprint density at radius 3 is 1.28 bits per heavy atom. The molecule has 8 aromatic rings. The highest BCUT2D eigenvalue weighted by Gasteiger charge is 2.12. The van der Waals surface area contributed by atoms with Crippen molar-refractivity contribution in [2.24, 2.45) is 0 Å². The average molecular weight is 841 g/mol. The SMILES string of the molecule is Cc1ccc2c(c1)CCC2.Cc1ccc2c(c1)CCCC2.Cc1ccc2ccccc2c1.Cc1cccc2c1CCC2.Cc1cccc2c1CCCC2.Cc1cccc2ccccc12. The maximum atomic E-state index is 2.34. The first kappa shape index (κ1) is 46.3. The first-order valence-corrected chi connectivity index (χ1v) is 24.4. The summed E-state index contributed by atoms with van der Waals surface area (Å²) < 4.78 is 0. The van der Waals surface area contributed by atoms with E-state index in [9.17, 15) is 0 Å². The van der Waals surface area contributed by atoms with Crippen LogP contribution in [0.2, 0.25) is 0 Å². The minimum atomic E-state index is 1.30. The first-order valence-electron chi connectivity index (χ1n) is 24.4. The van der Waals surface area contributed by atoms with Crippen LogP contribution < -0.4 is 0 Å². The highest BCUT2D eigenvalue weighted by atomic mass is 14.2. The van der Waals surface area contributed by atoms with Gasteiger partial charge in [0.1, 0.15) is 0 Å². The standard InChI is InChI=1S/C11H14.C11H10.C11H14.C11H10.2C10H12/c2*1-9-5-4-7-10-6-2-3-8-11(9)10;2*1-9-6-7-10-4-2-3-5-11(10)8-9;1-8-4-2-5-9-6-3-7-10(8)9;1-8-5-6-9-3-2-4-10(9)7-8/h4-5,7H,2-3,6,8H2,1H3;2-8H,1H3;6-8H,2-5H2,1H3;2-8H,1H3;2,4-5H,3,6-7H2,1H3;5-7H,2-4H2,1H3. The monoisotopic (exact) mass is 841 g/mol. The lowest BCUT2D eigenvalue weighted by Crippen LogP contribution is -2.03. The molecular formula is C64H72. The summed E-state index contributed by atoms with van der Waals surface area (Å²) in [6.45, 7) is 13.0. The van der Waals surface area contributed by atoms with Gasteiger partial charge < -0.3 is 0 Å². The van der Waals surface area contributed by atoms with E-state index in [2.05, 4.69) is 199 Å². The van der Waals surface area contributed by atoms with Crippen LogP contribution in [0.1, 0.15) is 116 Å². The van der Waals surface area contributed by atoms with Crippen LogP contribution in [0.15, 0.2) is 158 Å². The number of benzene rings is 8. The van der Waals surface area contributed by atoms with Gasteiger partial charge in [-0.05, 0) is 214 Å². The van der Waals surface area contributed by atoms with Gasteiger partial charge in [0.25, 0.3) is 0 Å². The van der Waals surface area contributed by atoms with Crippen LogP contribution in [0.4, 0.5) is 0 Å². The van der Waals surface area contributed by atoms with Crippen LogP contribution in [0.3, 0.4) is 0 Å². The summed E-state index contributed by atoms with van der Waals surface area (Å²) in [4.78, 5) is 0. The van der Waals surface area contributed by atoms with Crippen LogP contribution >= 0.6 is 0 Å². The number of hydrogen-bond donors (Lipinski definition) is 0. The molecule has 4 aliphatic carbocycles. The van der Waals surface area contributed by atoms with E-state index >= 15 is 0 Å². The summed E-state index contributed by atoms with van der Waals surface area (Å²) in [5.41, 5.74) is 21.2. The molecule has 0 heterocycles. The smallest absolute Gasteiger partial charge is 0.0155 e. The third kappa shape index (κ3) is 12.9. The molecule has 12 rings (SSSR count). The summed E-state index contributed by atoms with van der Waals surface area (Å²) in [6.07, 6.45) is 18.7. The van der Waals surface area contributed by atoms with Crippen LogP contribution in [0.5, 0.6) is 0 Å². The molecule has 0 aromatic heterocycles. The van der Waals surface area contributed by atoms with Gasteiger partial charge in [-0.15, -0.1) is 0 Å². The van der Waals surface area contributed by atoms with Crippen molar-refractivity contribution < 1.29 is 0 Å². The van der Waals surface area contributed by atoms with Crippen molar-refractivity contribution in [3.63, 3.8) is 0 Å². The molecule has 0 spiro atoms. The fourth-order valence-electron chi connectivity index (χ4n) is 10.0. The van der Waals surface area contributed by atoms with Gasteiger partial charge in [-0.2, -0.15) is 0 Å². The van der Waals surface area contributed by atoms with Gasteiger partial charge in [-0.3, -0.25) is 0 Å². The van der Waals surface area contributed by atoms with E-state index < -0.39 is 0 Å². The van der Waals surface area contributed by atoms with E-state index in [4.69, 9.17) is 0 Å². The Labute approximate surface area is 386 Å². The molecule has 0 atom stereocenters. The highest BCUT2D eigenvalue weighted by Crippen LogP contribution is 2.26. The minimum Gasteiger partial charge on any atom is -0.0617 e. The third-order valence-corrected chi connectivity index (χ3v) is 13.7. The lowest BCUT2D eigenvalue weighted by molar-refractivity contribution is 0.682. The molecule has 0 saturated carbocycles. The second kappa shape index (κ2) is 23.3. The number of rotatable bonds is 0. The fourth-order valence-corrected chi connectivity index (χ4v) is 10.0. The van der Waals surface area contributed by atoms with Gasteiger partial charge in [0, 0.05) is 0 Å². The minimum absolute atomic E-state index is 1.30. The van der Waals surface area contributed by atoms with E-state index in [1.54, 1.807) is 44.5 Å². The quantitative estimate of drug-likeness (QED) is 0.143. The summed E-state index contributed by atoms with van der Waals surface area (Å²) in [5, 5.41) is 5.33. The second-order valence-electron chi connectivity index (χ2n) is 18.7. The molecule has 8 aromatic carbocycles. The molecule has 0 radical (unpaired) electrons. The Morgan fingerprint density at radius 2 is 0.656 bits per heavy atom. The van der Waals surface area contributed by atoms with Crippen LogP contribution in [0.25, 0.3) is 21.5 Å². The molecule has 328 valence electrons. The molecule has 0 N–H and O–H groups in total. The summed E-state index contributed by atoms with van der Waals surface area (Å²) >= 11 is 0. The van der Waals surface area contributed by atoms with Gasteiger partial charge in [0.2, 0.25) is 0 Å². The Morgan fingerprint density at radius 1 is 0.250 bits per heavy atom. The molecule has 0 unspecified atom stereocenters. The van der Waals surface area contributed by atoms with Crippen LogP contribution in [-0.4, -0.2) is 0 Å². The predicted molar refractivity (Wildman–Crippen MR) is 279 cm³/mol. The van der Waals surface area contributed by atoms with Crippen molar-refractivity contribution in [3.05, 3.63) is 236 Å². The second-order valence-corrected chi connectivity index (χ2v) is 18.7. The van der Waals surface area contributed by atoms with Gasteiger partial charge in [-0.25, -0.2) is 0 Å². The molecule has 64 heavy (non-hydrogen) atoms. The van der Waals surface area contributed by atoms with E-state index in [0.717, 1.165) is 0 Å². The third-order valence-electron chi connectivity index (χ3n) is 13.7. The average Bonchev–Trinajstić information content (AvgIpc) is 4.01. The first-order chi connectivity index (χ1) is 31.2. The van der Waals surface area contributed by atoms with Crippen LogP contribution in [-0.2, 0) is 51.4 Å². The van der Waals surface area contributed by atoms with Crippen molar-refractivity contribution in [2.45, 2.75) is 131 Å². The topological polar surface area (TPSA) is 0 Å². The number of hydrogen-bond acceptors (Lipinski definition) is 0. The van der Waals surface area contributed by atoms with Crippen molar-refractivity contribution in [1.29, 1.82) is 0 Å². The Balaban J connectivity index is 0.000000115.